The highest BCUT2D eigenvalue weighted by Crippen LogP contribution is 2.23. The molecule has 0 saturated heterocycles. The summed E-state index contributed by atoms with van der Waals surface area (Å²) < 4.78 is 7.92. The lowest BCUT2D eigenvalue weighted by Gasteiger charge is -2.10. The Hall–Kier alpha value is -2.60. The number of hydrogen-bond acceptors (Lipinski definition) is 4. The number of fused-ring (bicyclic) bond motifs is 1. The van der Waals surface area contributed by atoms with Crippen LogP contribution in [0.3, 0.4) is 0 Å². The molecule has 0 spiro atoms. The molecule has 0 aliphatic rings. The van der Waals surface area contributed by atoms with E-state index >= 15 is 0 Å². The second kappa shape index (κ2) is 6.26. The second-order valence-electron chi connectivity index (χ2n) is 4.99. The molecule has 5 nitrogen and oxygen atoms in total. The van der Waals surface area contributed by atoms with Crippen LogP contribution in [-0.4, -0.2) is 17.1 Å². The fourth-order valence-electron chi connectivity index (χ4n) is 2.35. The Bertz CT molecular complexity index is 927. The summed E-state index contributed by atoms with van der Waals surface area (Å²) in [6, 6.07) is 12.5. The molecule has 0 radical (unpaired) electrons. The molecule has 118 valence electrons. The Morgan fingerprint density at radius 1 is 1.26 bits per heavy atom. The van der Waals surface area contributed by atoms with Crippen molar-refractivity contribution in [2.24, 2.45) is 7.05 Å². The molecule has 1 amide bonds. The average molecular weight is 328 g/mol. The van der Waals surface area contributed by atoms with E-state index in [1.165, 1.54) is 0 Å². The van der Waals surface area contributed by atoms with Crippen LogP contribution in [0.15, 0.2) is 47.3 Å². The van der Waals surface area contributed by atoms with Crippen molar-refractivity contribution in [1.82, 2.24) is 4.57 Å². The highest BCUT2D eigenvalue weighted by atomic mass is 32.1. The van der Waals surface area contributed by atoms with Gasteiger partial charge in [-0.3, -0.25) is 9.59 Å². The molecule has 0 bridgehead atoms. The first-order chi connectivity index (χ1) is 11.1. The maximum atomic E-state index is 12.5. The van der Waals surface area contributed by atoms with Gasteiger partial charge in [0.05, 0.1) is 22.4 Å². The van der Waals surface area contributed by atoms with Crippen LogP contribution in [0, 0.1) is 0 Å². The molecule has 1 N–H and O–H groups in total. The highest BCUT2D eigenvalue weighted by molar-refractivity contribution is 7.16. The largest absolute Gasteiger partial charge is 0.493 e. The van der Waals surface area contributed by atoms with Crippen molar-refractivity contribution in [3.05, 3.63) is 57.7 Å². The van der Waals surface area contributed by atoms with Gasteiger partial charge in [-0.25, -0.2) is 0 Å². The predicted octanol–water partition coefficient (Wildman–Crippen LogP) is 3.25. The molecule has 0 fully saturated rings. The molecule has 3 aromatic rings. The lowest BCUT2D eigenvalue weighted by atomic mass is 10.2. The molecule has 23 heavy (non-hydrogen) atoms. The number of carbonyl (C=O) groups is 1. The van der Waals surface area contributed by atoms with Crippen molar-refractivity contribution < 1.29 is 9.53 Å². The lowest BCUT2D eigenvalue weighted by Crippen LogP contribution is -2.13. The number of nitrogens with one attached hydrogen (secondary N) is 1. The molecule has 0 saturated carbocycles. The summed E-state index contributed by atoms with van der Waals surface area (Å²) in [4.78, 5) is 24.1. The zero-order chi connectivity index (χ0) is 16.4. The molecule has 3 rings (SSSR count). The van der Waals surface area contributed by atoms with Crippen molar-refractivity contribution in [3.8, 4) is 5.75 Å². The standard InChI is InChI=1S/C17H16N2O3S/c1-3-22-14-7-5-4-6-12(14)16(20)18-11-8-9-13-15(10-11)23-17(21)19(13)2/h4-10H,3H2,1-2H3,(H,18,20). The molecular weight excluding hydrogens is 312 g/mol. The van der Waals surface area contributed by atoms with Crippen molar-refractivity contribution in [3.63, 3.8) is 0 Å². The van der Waals surface area contributed by atoms with Gasteiger partial charge in [-0.2, -0.15) is 0 Å². The normalized spacial score (nSPS) is 10.7. The fourth-order valence-corrected chi connectivity index (χ4v) is 3.26. The molecule has 0 aliphatic heterocycles. The minimum absolute atomic E-state index is 0.0230. The number of thiazole rings is 1. The summed E-state index contributed by atoms with van der Waals surface area (Å²) in [5.41, 5.74) is 1.99. The van der Waals surface area contributed by atoms with Gasteiger partial charge in [-0.1, -0.05) is 23.5 Å². The molecule has 0 aliphatic carbocycles. The topological polar surface area (TPSA) is 60.3 Å². The third-order valence-corrected chi connectivity index (χ3v) is 4.48. The maximum Gasteiger partial charge on any atom is 0.307 e. The maximum absolute atomic E-state index is 12.5. The van der Waals surface area contributed by atoms with Crippen LogP contribution in [0.5, 0.6) is 5.75 Å². The van der Waals surface area contributed by atoms with Gasteiger partial charge in [0.25, 0.3) is 5.91 Å². The molecule has 1 heterocycles. The number of benzene rings is 2. The van der Waals surface area contributed by atoms with Gasteiger partial charge in [0.1, 0.15) is 5.75 Å². The monoisotopic (exact) mass is 328 g/mol. The molecule has 1 aromatic heterocycles. The zero-order valence-corrected chi connectivity index (χ0v) is 13.6. The highest BCUT2D eigenvalue weighted by Gasteiger charge is 2.13. The predicted molar refractivity (Wildman–Crippen MR) is 92.6 cm³/mol. The van der Waals surface area contributed by atoms with E-state index in [9.17, 15) is 9.59 Å². The van der Waals surface area contributed by atoms with Crippen LogP contribution < -0.4 is 14.9 Å². The summed E-state index contributed by atoms with van der Waals surface area (Å²) in [5.74, 6) is 0.314. The van der Waals surface area contributed by atoms with Gasteiger partial charge in [0.2, 0.25) is 0 Å². The first-order valence-corrected chi connectivity index (χ1v) is 8.04. The third-order valence-electron chi connectivity index (χ3n) is 3.48. The molecule has 0 atom stereocenters. The summed E-state index contributed by atoms with van der Waals surface area (Å²) in [6.07, 6.45) is 0. The Kier molecular flexibility index (Phi) is 4.16. The zero-order valence-electron chi connectivity index (χ0n) is 12.8. The Balaban J connectivity index is 1.90. The average Bonchev–Trinajstić information content (AvgIpc) is 2.82. The number of aromatic nitrogens is 1. The van der Waals surface area contributed by atoms with Gasteiger partial charge in [0.15, 0.2) is 0 Å². The van der Waals surface area contributed by atoms with Crippen molar-refractivity contribution in [2.45, 2.75) is 6.92 Å². The first-order valence-electron chi connectivity index (χ1n) is 7.23. The van der Waals surface area contributed by atoms with Crippen LogP contribution in [0.2, 0.25) is 0 Å². The number of anilines is 1. The minimum atomic E-state index is -0.239. The second-order valence-corrected chi connectivity index (χ2v) is 5.99. The van der Waals surface area contributed by atoms with Crippen molar-refractivity contribution >= 4 is 33.1 Å². The number of ether oxygens (including phenoxy) is 1. The molecule has 0 unspecified atom stereocenters. The number of nitrogens with zero attached hydrogens (tertiary/aromatic N) is 1. The Morgan fingerprint density at radius 2 is 2.04 bits per heavy atom. The van der Waals surface area contributed by atoms with E-state index in [1.54, 1.807) is 35.9 Å². The summed E-state index contributed by atoms with van der Waals surface area (Å²) in [7, 11) is 1.73. The number of rotatable bonds is 4. The number of carbonyl (C=O) groups excluding carboxylic acids is 1. The van der Waals surface area contributed by atoms with Gasteiger partial charge in [-0.05, 0) is 37.3 Å². The van der Waals surface area contributed by atoms with Crippen LogP contribution in [0.1, 0.15) is 17.3 Å². The van der Waals surface area contributed by atoms with Crippen molar-refractivity contribution in [1.29, 1.82) is 0 Å². The fraction of sp³-hybridized carbons (Fsp3) is 0.176. The number of hydrogen-bond donors (Lipinski definition) is 1. The van der Waals surface area contributed by atoms with E-state index in [2.05, 4.69) is 5.32 Å². The van der Waals surface area contributed by atoms with E-state index in [-0.39, 0.29) is 10.8 Å². The van der Waals surface area contributed by atoms with Crippen LogP contribution in [-0.2, 0) is 7.05 Å². The SMILES string of the molecule is CCOc1ccccc1C(=O)Nc1ccc2c(c1)sc(=O)n2C. The molecular formula is C17H16N2O3S. The number of para-hydroxylation sites is 1. The summed E-state index contributed by atoms with van der Waals surface area (Å²) in [6.45, 7) is 2.37. The van der Waals surface area contributed by atoms with E-state index in [0.717, 1.165) is 21.6 Å². The van der Waals surface area contributed by atoms with E-state index < -0.39 is 0 Å². The molecule has 2 aromatic carbocycles. The molecule has 6 heteroatoms. The van der Waals surface area contributed by atoms with Gasteiger partial charge in [-0.15, -0.1) is 0 Å². The minimum Gasteiger partial charge on any atom is -0.493 e. The van der Waals surface area contributed by atoms with Crippen LogP contribution in [0.25, 0.3) is 10.2 Å². The smallest absolute Gasteiger partial charge is 0.307 e. The van der Waals surface area contributed by atoms with E-state index in [0.29, 0.717) is 23.6 Å². The van der Waals surface area contributed by atoms with Crippen molar-refractivity contribution in [2.75, 3.05) is 11.9 Å². The quantitative estimate of drug-likeness (QED) is 0.800. The van der Waals surface area contributed by atoms with Gasteiger partial charge < -0.3 is 14.6 Å². The Labute approximate surface area is 137 Å². The summed E-state index contributed by atoms with van der Waals surface area (Å²) >= 11 is 1.16. The number of amides is 1. The van der Waals surface area contributed by atoms with Crippen LogP contribution >= 0.6 is 11.3 Å². The van der Waals surface area contributed by atoms with Gasteiger partial charge >= 0.3 is 4.87 Å². The number of aryl methyl sites for hydroxylation is 1. The first kappa shape index (κ1) is 15.3. The van der Waals surface area contributed by atoms with E-state index in [1.807, 2.05) is 25.1 Å². The third kappa shape index (κ3) is 2.98. The van der Waals surface area contributed by atoms with Crippen LogP contribution in [0.4, 0.5) is 5.69 Å². The lowest BCUT2D eigenvalue weighted by molar-refractivity contribution is 0.102. The van der Waals surface area contributed by atoms with Gasteiger partial charge in [0, 0.05) is 12.7 Å². The summed E-state index contributed by atoms with van der Waals surface area (Å²) in [5, 5.41) is 2.85. The Morgan fingerprint density at radius 3 is 2.83 bits per heavy atom. The van der Waals surface area contributed by atoms with E-state index in [4.69, 9.17) is 4.74 Å².